The van der Waals surface area contributed by atoms with E-state index in [-0.39, 0.29) is 65.0 Å². The van der Waals surface area contributed by atoms with Gasteiger partial charge in [-0.2, -0.15) is 10.5 Å². The quantitative estimate of drug-likeness (QED) is 0.0907. The Labute approximate surface area is 689 Å². The maximum absolute atomic E-state index is 13.5. The van der Waals surface area contributed by atoms with Gasteiger partial charge in [0.25, 0.3) is 0 Å². The van der Waals surface area contributed by atoms with E-state index in [1.54, 1.807) is 12.1 Å². The molecule has 4 aromatic heterocycles. The number of nitrogens with one attached hydrogen (secondary N) is 4. The van der Waals surface area contributed by atoms with Gasteiger partial charge in [-0.15, -0.1) is 0 Å². The first-order valence-electron chi connectivity index (χ1n) is 43.0. The topological polar surface area (TPSA) is 216 Å². The van der Waals surface area contributed by atoms with Crippen LogP contribution in [0.25, 0.3) is 68.8 Å². The van der Waals surface area contributed by atoms with Crippen LogP contribution >= 0.6 is 0 Å². The van der Waals surface area contributed by atoms with Gasteiger partial charge in [0.05, 0.1) is 46.0 Å². The average molecular weight is 1570 g/mol. The molecule has 18 rings (SSSR count). The van der Waals surface area contributed by atoms with Crippen LogP contribution < -0.4 is 21.3 Å². The predicted molar refractivity (Wildman–Crippen MR) is 458 cm³/mol. The second-order valence-corrected chi connectivity index (χ2v) is 35.8. The molecule has 6 saturated carbocycles. The molecule has 16 heteroatoms. The first kappa shape index (κ1) is 81.3. The van der Waals surface area contributed by atoms with E-state index in [0.29, 0.717) is 106 Å². The number of nitrogens with zero attached hydrogens (tertiary/aromatic N) is 6. The van der Waals surface area contributed by atoms with E-state index in [9.17, 15) is 38.5 Å². The normalized spacial score (nSPS) is 31.8. The van der Waals surface area contributed by atoms with E-state index >= 15 is 0 Å². The van der Waals surface area contributed by atoms with Crippen LogP contribution in [0.1, 0.15) is 147 Å². The van der Waals surface area contributed by atoms with Crippen molar-refractivity contribution >= 4 is 47.9 Å². The second kappa shape index (κ2) is 36.4. The molecule has 117 heavy (non-hydrogen) atoms. The number of aromatic nitrogens is 4. The van der Waals surface area contributed by atoms with Gasteiger partial charge in [-0.1, -0.05) is 164 Å². The number of nitriles is 2. The number of amides is 4. The molecule has 0 unspecified atom stereocenters. The summed E-state index contributed by atoms with van der Waals surface area (Å²) >= 11 is 0. The molecular formula is C101H110F2N10O4. The molecule has 0 bridgehead atoms. The Morgan fingerprint density at radius 3 is 1.16 bits per heavy atom. The number of carbonyl (C=O) groups is 4. The summed E-state index contributed by atoms with van der Waals surface area (Å²) in [5, 5.41) is 31.1. The highest BCUT2D eigenvalue weighted by atomic mass is 19.1. The molecule has 10 fully saturated rings. The molecule has 8 aromatic rings. The summed E-state index contributed by atoms with van der Waals surface area (Å²) in [5.74, 6) is 10.7. The molecule has 14 nitrogen and oxygen atoms in total. The van der Waals surface area contributed by atoms with Gasteiger partial charge in [-0.25, -0.2) is 8.78 Å². The van der Waals surface area contributed by atoms with Gasteiger partial charge in [0.15, 0.2) is 0 Å². The van der Waals surface area contributed by atoms with Crippen LogP contribution in [0.2, 0.25) is 0 Å². The summed E-state index contributed by atoms with van der Waals surface area (Å²) in [7, 11) is 0. The van der Waals surface area contributed by atoms with Gasteiger partial charge in [-0.3, -0.25) is 39.1 Å². The summed E-state index contributed by atoms with van der Waals surface area (Å²) in [6.45, 7) is 18.4. The Morgan fingerprint density at radius 2 is 0.752 bits per heavy atom. The van der Waals surface area contributed by atoms with Gasteiger partial charge in [0.2, 0.25) is 23.6 Å². The molecule has 0 radical (unpaired) electrons. The number of fused-ring (bicyclic) bond motifs is 6. The fourth-order valence-corrected chi connectivity index (χ4v) is 22.3. The van der Waals surface area contributed by atoms with E-state index < -0.39 is 0 Å². The summed E-state index contributed by atoms with van der Waals surface area (Å²) in [6.07, 6.45) is 36.6. The lowest BCUT2D eigenvalue weighted by Gasteiger charge is -2.47. The molecule has 4 saturated heterocycles. The molecule has 8 heterocycles. The second-order valence-electron chi connectivity index (χ2n) is 35.8. The van der Waals surface area contributed by atoms with Gasteiger partial charge in [0, 0.05) is 108 Å². The van der Waals surface area contributed by atoms with Crippen molar-refractivity contribution in [3.63, 3.8) is 0 Å². The highest BCUT2D eigenvalue weighted by Crippen LogP contribution is 2.55. The number of benzene rings is 4. The maximum atomic E-state index is 13.5. The molecule has 10 aliphatic rings. The molecular weight excluding hydrogens is 1460 g/mol. The minimum absolute atomic E-state index is 0.128. The van der Waals surface area contributed by atoms with Crippen molar-refractivity contribution in [3.05, 3.63) is 240 Å². The van der Waals surface area contributed by atoms with Gasteiger partial charge in [0.1, 0.15) is 11.6 Å². The van der Waals surface area contributed by atoms with E-state index in [1.807, 2.05) is 134 Å². The lowest BCUT2D eigenvalue weighted by Crippen LogP contribution is -2.42. The lowest BCUT2D eigenvalue weighted by atomic mass is 9.57. The molecule has 4 aromatic carbocycles. The van der Waals surface area contributed by atoms with E-state index in [1.165, 1.54) is 62.8 Å². The zero-order valence-corrected chi connectivity index (χ0v) is 68.3. The SMILES string of the molecule is C[C@@H]1CC[C@@H]2[C@@H](C1)C[C@@H]1C(=O)NC[C@@H]1[C@H]2/C=C/c1ccc(-c2cccc(F)c2)cn1.C[C@@H]1CC[C@@H]2[C@@H](C1)C[C@H]1C(=O)NC[C@H]1[C@H]2/C=C/c1ccc(-c2cccc(F)c2)cn1.C[C@H]1[C@H](/C=C/c2ccc(-c3ccccc3C#N)cn2)[C@@H]2[C@@H](C)NC(=O)[C@@H]2C[C@@H]1C.C[C@H]1[C@H](/C=C/c2ccc(-c3ccccc3C#N)cn2)[C@H]2CNC(=O)[C@H]2C[C@@H]1C. The van der Waals surface area contributed by atoms with Crippen LogP contribution in [0.3, 0.4) is 0 Å². The largest absolute Gasteiger partial charge is 0.356 e. The highest BCUT2D eigenvalue weighted by molar-refractivity contribution is 5.84. The first-order valence-corrected chi connectivity index (χ1v) is 43.0. The molecule has 4 N–H and O–H groups in total. The number of hydrogen-bond acceptors (Lipinski definition) is 10. The van der Waals surface area contributed by atoms with Crippen molar-refractivity contribution in [2.45, 2.75) is 119 Å². The predicted octanol–water partition coefficient (Wildman–Crippen LogP) is 19.6. The monoisotopic (exact) mass is 1560 g/mol. The van der Waals surface area contributed by atoms with E-state index in [2.05, 4.69) is 150 Å². The first-order chi connectivity index (χ1) is 56.7. The number of carbonyl (C=O) groups excluding carboxylic acids is 4. The van der Waals surface area contributed by atoms with Crippen molar-refractivity contribution in [1.82, 2.24) is 41.2 Å². The zero-order chi connectivity index (χ0) is 81.5. The Morgan fingerprint density at radius 1 is 0.376 bits per heavy atom. The summed E-state index contributed by atoms with van der Waals surface area (Å²) in [4.78, 5) is 67.7. The Balaban J connectivity index is 0.000000122. The van der Waals surface area contributed by atoms with E-state index in [0.717, 1.165) is 124 Å². The van der Waals surface area contributed by atoms with Crippen LogP contribution in [0, 0.1) is 164 Å². The zero-order valence-electron chi connectivity index (χ0n) is 68.3. The highest BCUT2D eigenvalue weighted by Gasteiger charge is 2.53. The van der Waals surface area contributed by atoms with Crippen molar-refractivity contribution < 1.29 is 28.0 Å². The fraction of sp³-hybridized carbons (Fsp3) is 0.426. The minimum Gasteiger partial charge on any atom is -0.356 e. The number of allylic oxidation sites excluding steroid dienone is 4. The molecule has 0 spiro atoms. The molecule has 6 aliphatic carbocycles. The van der Waals surface area contributed by atoms with E-state index in [4.69, 9.17) is 0 Å². The number of halogens is 2. The van der Waals surface area contributed by atoms with Crippen molar-refractivity contribution in [2.24, 2.45) is 130 Å². The van der Waals surface area contributed by atoms with Crippen LogP contribution in [0.15, 0.2) is 195 Å². The van der Waals surface area contributed by atoms with Gasteiger partial charge in [-0.05, 0) is 261 Å². The minimum atomic E-state index is -0.237. The molecule has 23 atom stereocenters. The molecule has 602 valence electrons. The summed E-state index contributed by atoms with van der Waals surface area (Å²) < 4.78 is 27.0. The Bertz CT molecular complexity index is 4930. The standard InChI is InChI=1S/2C26H29FN2O.C25H27N3O.C24H25N3O/c2*1-16-5-9-22-19(11-16)13-24-25(15-29-26(24)30)23(22)10-8-21-7-6-18(14-28-21)17-3-2-4-20(27)12-17;1-15-12-23-24(17(3)28-25(23)29)21(16(15)2)11-10-20-9-8-19(14-27-20)22-7-5-4-6-18(22)13-26;1-15-11-22-23(14-27-24(22)28)20(16(15)2)10-9-19-8-7-18(13-26-19)21-6-4-3-5-17(21)12-25/h2*2-4,6-8,10,12,14,16,19,22-25H,5,9,11,13,15H2,1H3,(H,29,30);4-11,14-17,21,23-24H,12H2,1-3H3,(H,28,29);3-10,13,15-16,20,22-23H,11,14H2,1-2H3,(H,27,28)/b2*10-8+;11-10+;10-9+/t16-,19+,22-,23+,24+,25-;16-,19+,22-,23+,24-,25+;15-,16+,17+,21-,23+,24-;15-,16+,20-,22-,23+/m1100/s1. The fourth-order valence-electron chi connectivity index (χ4n) is 22.3. The van der Waals surface area contributed by atoms with Crippen molar-refractivity contribution in [3.8, 4) is 56.6 Å². The third-order valence-corrected chi connectivity index (χ3v) is 28.9. The third-order valence-electron chi connectivity index (χ3n) is 28.9. The number of hydrogen-bond donors (Lipinski definition) is 4. The van der Waals surface area contributed by atoms with Crippen LogP contribution in [0.5, 0.6) is 0 Å². The van der Waals surface area contributed by atoms with Crippen LogP contribution in [-0.2, 0) is 19.2 Å². The third kappa shape index (κ3) is 18.2. The number of rotatable bonds is 12. The van der Waals surface area contributed by atoms with Crippen molar-refractivity contribution in [1.29, 1.82) is 10.5 Å². The van der Waals surface area contributed by atoms with Gasteiger partial charge < -0.3 is 21.3 Å². The van der Waals surface area contributed by atoms with Crippen LogP contribution in [0.4, 0.5) is 8.78 Å². The average Bonchev–Trinajstić information content (AvgIpc) is 1.73. The van der Waals surface area contributed by atoms with Crippen LogP contribution in [-0.4, -0.2) is 69.2 Å². The van der Waals surface area contributed by atoms with Gasteiger partial charge >= 0.3 is 0 Å². The number of pyridine rings is 4. The molecule has 4 amide bonds. The summed E-state index contributed by atoms with van der Waals surface area (Å²) in [6, 6.07) is 49.0. The Kier molecular flexibility index (Phi) is 25.3. The maximum Gasteiger partial charge on any atom is 0.223 e. The van der Waals surface area contributed by atoms with Crippen molar-refractivity contribution in [2.75, 3.05) is 19.6 Å². The Hall–Kier alpha value is -10.8. The molecule has 4 aliphatic heterocycles. The lowest BCUT2D eigenvalue weighted by molar-refractivity contribution is -0.126. The summed E-state index contributed by atoms with van der Waals surface area (Å²) in [5.41, 5.74) is 12.1. The smallest absolute Gasteiger partial charge is 0.223 e.